The van der Waals surface area contributed by atoms with E-state index in [-0.39, 0.29) is 6.61 Å². The summed E-state index contributed by atoms with van der Waals surface area (Å²) in [6.07, 6.45) is 2.68. The van der Waals surface area contributed by atoms with Gasteiger partial charge in [-0.15, -0.1) is 0 Å². The summed E-state index contributed by atoms with van der Waals surface area (Å²) in [6.45, 7) is 0.959. The Bertz CT molecular complexity index is 450. The van der Waals surface area contributed by atoms with Gasteiger partial charge >= 0.3 is 0 Å². The Morgan fingerprint density at radius 3 is 2.62 bits per heavy atom. The highest BCUT2D eigenvalue weighted by Gasteiger charge is 2.01. The van der Waals surface area contributed by atoms with Crippen molar-refractivity contribution >= 4 is 15.9 Å². The van der Waals surface area contributed by atoms with Crippen LogP contribution in [-0.4, -0.2) is 21.5 Å². The molecule has 0 bridgehead atoms. The van der Waals surface area contributed by atoms with Crippen LogP contribution >= 0.6 is 15.9 Å². The Labute approximate surface area is 103 Å². The summed E-state index contributed by atoms with van der Waals surface area (Å²) in [5, 5.41) is 13.2. The Morgan fingerprint density at radius 1 is 1.19 bits per heavy atom. The van der Waals surface area contributed by atoms with Gasteiger partial charge in [-0.3, -0.25) is 4.68 Å². The van der Waals surface area contributed by atoms with Crippen molar-refractivity contribution in [2.45, 2.75) is 13.0 Å². The molecular weight excluding hydrogens is 268 g/mol. The van der Waals surface area contributed by atoms with Crippen LogP contribution in [0.2, 0.25) is 0 Å². The topological polar surface area (TPSA) is 38.0 Å². The number of hydrogen-bond donors (Lipinski definition) is 1. The van der Waals surface area contributed by atoms with E-state index in [1.54, 1.807) is 0 Å². The van der Waals surface area contributed by atoms with Crippen molar-refractivity contribution in [3.63, 3.8) is 0 Å². The van der Waals surface area contributed by atoms with E-state index in [2.05, 4.69) is 21.0 Å². The Kier molecular flexibility index (Phi) is 3.74. The van der Waals surface area contributed by atoms with E-state index in [4.69, 9.17) is 5.11 Å². The lowest BCUT2D eigenvalue weighted by molar-refractivity contribution is 0.277. The average Bonchev–Trinajstić information content (AvgIpc) is 2.76. The lowest BCUT2D eigenvalue weighted by atomic mass is 10.2. The largest absolute Gasteiger partial charge is 0.396 e. The van der Waals surface area contributed by atoms with Gasteiger partial charge in [0, 0.05) is 29.4 Å². The lowest BCUT2D eigenvalue weighted by Crippen LogP contribution is -2.00. The molecular formula is C12H13BrN2O. The summed E-state index contributed by atoms with van der Waals surface area (Å²) in [5.41, 5.74) is 2.07. The van der Waals surface area contributed by atoms with E-state index in [0.717, 1.165) is 28.7 Å². The second-order valence-corrected chi connectivity index (χ2v) is 4.46. The van der Waals surface area contributed by atoms with Crippen LogP contribution in [0.1, 0.15) is 6.42 Å². The van der Waals surface area contributed by atoms with Crippen LogP contribution in [-0.2, 0) is 6.54 Å². The van der Waals surface area contributed by atoms with Crippen molar-refractivity contribution in [1.29, 1.82) is 0 Å². The van der Waals surface area contributed by atoms with E-state index >= 15 is 0 Å². The molecule has 1 aromatic carbocycles. The summed E-state index contributed by atoms with van der Waals surface area (Å²) < 4.78 is 2.92. The summed E-state index contributed by atoms with van der Waals surface area (Å²) >= 11 is 3.40. The number of aliphatic hydroxyl groups is 1. The zero-order chi connectivity index (χ0) is 11.4. The summed E-state index contributed by atoms with van der Waals surface area (Å²) in [4.78, 5) is 0. The molecule has 0 spiro atoms. The monoisotopic (exact) mass is 280 g/mol. The van der Waals surface area contributed by atoms with Gasteiger partial charge in [0.05, 0.1) is 5.69 Å². The van der Waals surface area contributed by atoms with Crippen molar-refractivity contribution < 1.29 is 5.11 Å². The minimum absolute atomic E-state index is 0.202. The van der Waals surface area contributed by atoms with Gasteiger partial charge in [0.15, 0.2) is 0 Å². The van der Waals surface area contributed by atoms with Gasteiger partial charge in [0.25, 0.3) is 0 Å². The third-order valence-corrected chi connectivity index (χ3v) is 2.85. The number of hydrogen-bond acceptors (Lipinski definition) is 2. The van der Waals surface area contributed by atoms with Gasteiger partial charge in [0.1, 0.15) is 0 Å². The zero-order valence-corrected chi connectivity index (χ0v) is 10.4. The molecule has 0 radical (unpaired) electrons. The molecule has 0 unspecified atom stereocenters. The number of halogens is 1. The van der Waals surface area contributed by atoms with Crippen molar-refractivity contribution in [1.82, 2.24) is 9.78 Å². The maximum atomic E-state index is 8.74. The third kappa shape index (κ3) is 2.71. The fourth-order valence-corrected chi connectivity index (χ4v) is 1.76. The number of aromatic nitrogens is 2. The van der Waals surface area contributed by atoms with Gasteiger partial charge in [-0.2, -0.15) is 5.10 Å². The first-order chi connectivity index (χ1) is 7.79. The van der Waals surface area contributed by atoms with Gasteiger partial charge in [-0.25, -0.2) is 0 Å². The van der Waals surface area contributed by atoms with Crippen LogP contribution < -0.4 is 0 Å². The summed E-state index contributed by atoms with van der Waals surface area (Å²) in [5.74, 6) is 0. The fourth-order valence-electron chi connectivity index (χ4n) is 1.49. The van der Waals surface area contributed by atoms with Gasteiger partial charge in [-0.05, 0) is 24.6 Å². The molecule has 4 heteroatoms. The number of rotatable bonds is 4. The Morgan fingerprint density at radius 2 is 1.94 bits per heavy atom. The van der Waals surface area contributed by atoms with Crippen LogP contribution in [0.15, 0.2) is 41.0 Å². The molecule has 0 fully saturated rings. The first-order valence-electron chi connectivity index (χ1n) is 5.20. The predicted octanol–water partition coefficient (Wildman–Crippen LogP) is 2.70. The van der Waals surface area contributed by atoms with E-state index in [0.29, 0.717) is 0 Å². The zero-order valence-electron chi connectivity index (χ0n) is 8.81. The molecule has 0 aliphatic rings. The molecule has 2 rings (SSSR count). The van der Waals surface area contributed by atoms with Crippen LogP contribution in [0.4, 0.5) is 0 Å². The lowest BCUT2D eigenvalue weighted by Gasteiger charge is -1.99. The SMILES string of the molecule is OCCCn1ccc(-c2ccc(Br)cc2)n1. The minimum Gasteiger partial charge on any atom is -0.396 e. The van der Waals surface area contributed by atoms with E-state index in [9.17, 15) is 0 Å². The number of nitrogens with zero attached hydrogens (tertiary/aromatic N) is 2. The highest BCUT2D eigenvalue weighted by molar-refractivity contribution is 9.10. The summed E-state index contributed by atoms with van der Waals surface area (Å²) in [6, 6.07) is 10.1. The van der Waals surface area contributed by atoms with E-state index in [1.807, 2.05) is 41.2 Å². The van der Waals surface area contributed by atoms with E-state index < -0.39 is 0 Å². The van der Waals surface area contributed by atoms with Crippen molar-refractivity contribution in [3.8, 4) is 11.3 Å². The highest BCUT2D eigenvalue weighted by Crippen LogP contribution is 2.19. The Hall–Kier alpha value is -1.13. The molecule has 1 N–H and O–H groups in total. The molecule has 3 nitrogen and oxygen atoms in total. The molecule has 2 aromatic rings. The number of benzene rings is 1. The fraction of sp³-hybridized carbons (Fsp3) is 0.250. The van der Waals surface area contributed by atoms with Gasteiger partial charge < -0.3 is 5.11 Å². The van der Waals surface area contributed by atoms with Crippen molar-refractivity contribution in [3.05, 3.63) is 41.0 Å². The molecule has 0 saturated carbocycles. The third-order valence-electron chi connectivity index (χ3n) is 2.33. The van der Waals surface area contributed by atoms with E-state index in [1.165, 1.54) is 0 Å². The van der Waals surface area contributed by atoms with Crippen molar-refractivity contribution in [2.75, 3.05) is 6.61 Å². The van der Waals surface area contributed by atoms with Crippen molar-refractivity contribution in [2.24, 2.45) is 0 Å². The number of aryl methyl sites for hydroxylation is 1. The van der Waals surface area contributed by atoms with Crippen LogP contribution in [0.5, 0.6) is 0 Å². The second kappa shape index (κ2) is 5.27. The standard InChI is InChI=1S/C12H13BrN2O/c13-11-4-2-10(3-5-11)12-6-8-15(14-12)7-1-9-16/h2-6,8,16H,1,7,9H2. The highest BCUT2D eigenvalue weighted by atomic mass is 79.9. The Balaban J connectivity index is 2.15. The average molecular weight is 281 g/mol. The molecule has 84 valence electrons. The maximum absolute atomic E-state index is 8.74. The first kappa shape index (κ1) is 11.4. The molecule has 1 aromatic heterocycles. The molecule has 16 heavy (non-hydrogen) atoms. The molecule has 0 aliphatic heterocycles. The number of aliphatic hydroxyl groups excluding tert-OH is 1. The molecule has 1 heterocycles. The van der Waals surface area contributed by atoms with Crippen LogP contribution in [0.3, 0.4) is 0 Å². The predicted molar refractivity (Wildman–Crippen MR) is 67.1 cm³/mol. The quantitative estimate of drug-likeness (QED) is 0.935. The molecule has 0 atom stereocenters. The second-order valence-electron chi connectivity index (χ2n) is 3.55. The van der Waals surface area contributed by atoms with Gasteiger partial charge in [-0.1, -0.05) is 28.1 Å². The van der Waals surface area contributed by atoms with Gasteiger partial charge in [0.2, 0.25) is 0 Å². The van der Waals surface area contributed by atoms with Crippen LogP contribution in [0, 0.1) is 0 Å². The first-order valence-corrected chi connectivity index (χ1v) is 5.99. The molecule has 0 aliphatic carbocycles. The molecule has 0 amide bonds. The maximum Gasteiger partial charge on any atom is 0.0923 e. The normalized spacial score (nSPS) is 10.6. The smallest absolute Gasteiger partial charge is 0.0923 e. The van der Waals surface area contributed by atoms with Crippen LogP contribution in [0.25, 0.3) is 11.3 Å². The summed E-state index contributed by atoms with van der Waals surface area (Å²) in [7, 11) is 0. The molecule has 0 saturated heterocycles. The minimum atomic E-state index is 0.202.